The Balaban J connectivity index is 1.11. The van der Waals surface area contributed by atoms with Crippen molar-refractivity contribution in [3.8, 4) is 0 Å². The lowest BCUT2D eigenvalue weighted by molar-refractivity contribution is -0.165. The van der Waals surface area contributed by atoms with E-state index in [9.17, 15) is 4.79 Å². The number of benzene rings is 2. The van der Waals surface area contributed by atoms with Crippen LogP contribution in [0.1, 0.15) is 55.6 Å². The molecule has 3 fully saturated rings. The molecule has 1 N–H and O–H groups in total. The van der Waals surface area contributed by atoms with E-state index < -0.39 is 0 Å². The molecule has 0 spiro atoms. The number of nitrogens with zero attached hydrogens (tertiary/aromatic N) is 1. The standard InChI is InChI=1S/C30H40N2O3/c1-34-23-29(21-31-27-19-26(27)25-11-6-3-7-12-25)15-17-32(18-16-29)22-30(13-8-14-30)28(33)35-20-24-9-4-2-5-10-24/h2-7,9-12,26-27,31H,8,13-23H2,1H3. The van der Waals surface area contributed by atoms with Crippen LogP contribution in [0, 0.1) is 10.8 Å². The summed E-state index contributed by atoms with van der Waals surface area (Å²) in [7, 11) is 1.82. The summed E-state index contributed by atoms with van der Waals surface area (Å²) in [5.41, 5.74) is 2.36. The van der Waals surface area contributed by atoms with E-state index in [0.29, 0.717) is 18.6 Å². The molecule has 1 aliphatic heterocycles. The Kier molecular flexibility index (Phi) is 7.56. The van der Waals surface area contributed by atoms with Gasteiger partial charge in [-0.05, 0) is 56.3 Å². The Morgan fingerprint density at radius 1 is 1.00 bits per heavy atom. The summed E-state index contributed by atoms with van der Waals surface area (Å²) in [4.78, 5) is 15.6. The van der Waals surface area contributed by atoms with Crippen LogP contribution in [0.15, 0.2) is 60.7 Å². The quantitative estimate of drug-likeness (QED) is 0.473. The fourth-order valence-corrected chi connectivity index (χ4v) is 6.04. The van der Waals surface area contributed by atoms with Crippen LogP contribution in [0.5, 0.6) is 0 Å². The molecule has 2 aromatic rings. The number of methoxy groups -OCH3 is 1. The molecule has 2 aliphatic carbocycles. The predicted octanol–water partition coefficient (Wildman–Crippen LogP) is 4.77. The molecule has 5 rings (SSSR count). The summed E-state index contributed by atoms with van der Waals surface area (Å²) in [5, 5.41) is 3.86. The monoisotopic (exact) mass is 476 g/mol. The lowest BCUT2D eigenvalue weighted by Gasteiger charge is -2.47. The van der Waals surface area contributed by atoms with Gasteiger partial charge in [-0.3, -0.25) is 4.79 Å². The van der Waals surface area contributed by atoms with Crippen LogP contribution in [-0.2, 0) is 20.9 Å². The SMILES string of the molecule is COCC1(CNC2CC2c2ccccc2)CCN(CC2(C(=O)OCc3ccccc3)CCC2)CC1. The van der Waals surface area contributed by atoms with Crippen LogP contribution in [0.25, 0.3) is 0 Å². The van der Waals surface area contributed by atoms with E-state index in [2.05, 4.69) is 40.5 Å². The molecule has 2 atom stereocenters. The highest BCUT2D eigenvalue weighted by Crippen LogP contribution is 2.45. The van der Waals surface area contributed by atoms with Gasteiger partial charge in [-0.15, -0.1) is 0 Å². The van der Waals surface area contributed by atoms with Crippen LogP contribution >= 0.6 is 0 Å². The highest BCUT2D eigenvalue weighted by Gasteiger charge is 2.48. The van der Waals surface area contributed by atoms with Crippen molar-refractivity contribution in [3.63, 3.8) is 0 Å². The van der Waals surface area contributed by atoms with Crippen molar-refractivity contribution >= 4 is 5.97 Å². The number of carbonyl (C=O) groups is 1. The van der Waals surface area contributed by atoms with Gasteiger partial charge in [0.1, 0.15) is 6.61 Å². The van der Waals surface area contributed by atoms with Crippen molar-refractivity contribution in [2.75, 3.05) is 39.9 Å². The van der Waals surface area contributed by atoms with Crippen LogP contribution < -0.4 is 5.32 Å². The molecule has 3 aliphatic rings. The van der Waals surface area contributed by atoms with Gasteiger partial charge < -0.3 is 19.7 Å². The molecule has 188 valence electrons. The van der Waals surface area contributed by atoms with Crippen molar-refractivity contribution in [2.24, 2.45) is 10.8 Å². The average molecular weight is 477 g/mol. The van der Waals surface area contributed by atoms with Gasteiger partial charge in [0.25, 0.3) is 0 Å². The molecule has 2 unspecified atom stereocenters. The maximum absolute atomic E-state index is 13.1. The first-order valence-corrected chi connectivity index (χ1v) is 13.3. The Morgan fingerprint density at radius 2 is 1.69 bits per heavy atom. The largest absolute Gasteiger partial charge is 0.460 e. The minimum Gasteiger partial charge on any atom is -0.460 e. The van der Waals surface area contributed by atoms with Gasteiger partial charge in [0.15, 0.2) is 0 Å². The number of rotatable bonds is 11. The van der Waals surface area contributed by atoms with E-state index in [1.165, 1.54) is 12.0 Å². The number of ether oxygens (including phenoxy) is 2. The van der Waals surface area contributed by atoms with Crippen molar-refractivity contribution in [1.82, 2.24) is 10.2 Å². The highest BCUT2D eigenvalue weighted by atomic mass is 16.5. The topological polar surface area (TPSA) is 50.8 Å². The van der Waals surface area contributed by atoms with E-state index in [1.807, 2.05) is 37.4 Å². The molecule has 35 heavy (non-hydrogen) atoms. The fraction of sp³-hybridized carbons (Fsp3) is 0.567. The minimum atomic E-state index is -0.314. The second kappa shape index (κ2) is 10.8. The van der Waals surface area contributed by atoms with E-state index in [4.69, 9.17) is 9.47 Å². The number of esters is 1. The molecule has 0 radical (unpaired) electrons. The third-order valence-corrected chi connectivity index (χ3v) is 8.61. The Morgan fingerprint density at radius 3 is 2.31 bits per heavy atom. The third kappa shape index (κ3) is 5.79. The Labute approximate surface area is 210 Å². The van der Waals surface area contributed by atoms with Gasteiger partial charge in [-0.25, -0.2) is 0 Å². The summed E-state index contributed by atoms with van der Waals surface area (Å²) in [6.07, 6.45) is 6.45. The van der Waals surface area contributed by atoms with Crippen LogP contribution in [0.4, 0.5) is 0 Å². The normalized spacial score (nSPS) is 24.9. The van der Waals surface area contributed by atoms with Crippen molar-refractivity contribution in [1.29, 1.82) is 0 Å². The molecule has 2 saturated carbocycles. The molecule has 1 saturated heterocycles. The second-order valence-corrected chi connectivity index (χ2v) is 11.1. The number of nitrogens with one attached hydrogen (secondary N) is 1. The smallest absolute Gasteiger partial charge is 0.313 e. The maximum atomic E-state index is 13.1. The number of hydrogen-bond donors (Lipinski definition) is 1. The molecular formula is C30H40N2O3. The van der Waals surface area contributed by atoms with Crippen molar-refractivity contribution < 1.29 is 14.3 Å². The van der Waals surface area contributed by atoms with Gasteiger partial charge in [0.2, 0.25) is 0 Å². The summed E-state index contributed by atoms with van der Waals surface area (Å²) < 4.78 is 11.5. The van der Waals surface area contributed by atoms with Gasteiger partial charge in [0.05, 0.1) is 12.0 Å². The van der Waals surface area contributed by atoms with E-state index in [0.717, 1.165) is 70.5 Å². The van der Waals surface area contributed by atoms with E-state index in [1.54, 1.807) is 0 Å². The molecule has 5 heteroatoms. The van der Waals surface area contributed by atoms with Crippen molar-refractivity contribution in [3.05, 3.63) is 71.8 Å². The average Bonchev–Trinajstić information content (AvgIpc) is 3.66. The van der Waals surface area contributed by atoms with Gasteiger partial charge in [0, 0.05) is 37.6 Å². The zero-order valence-electron chi connectivity index (χ0n) is 21.1. The number of likely N-dealkylation sites (tertiary alicyclic amines) is 1. The van der Waals surface area contributed by atoms with E-state index in [-0.39, 0.29) is 16.8 Å². The zero-order chi connectivity index (χ0) is 24.1. The summed E-state index contributed by atoms with van der Waals surface area (Å²) in [6, 6.07) is 21.4. The van der Waals surface area contributed by atoms with Crippen LogP contribution in [0.2, 0.25) is 0 Å². The highest BCUT2D eigenvalue weighted by molar-refractivity contribution is 5.78. The third-order valence-electron chi connectivity index (χ3n) is 8.61. The minimum absolute atomic E-state index is 0.0105. The molecular weight excluding hydrogens is 436 g/mol. The lowest BCUT2D eigenvalue weighted by Crippen LogP contribution is -2.53. The number of piperidine rings is 1. The summed E-state index contributed by atoms with van der Waals surface area (Å²) in [5.74, 6) is 0.639. The zero-order valence-corrected chi connectivity index (χ0v) is 21.1. The maximum Gasteiger partial charge on any atom is 0.313 e. The first kappa shape index (κ1) is 24.5. The number of carbonyl (C=O) groups excluding carboxylic acids is 1. The number of hydrogen-bond acceptors (Lipinski definition) is 5. The lowest BCUT2D eigenvalue weighted by atomic mass is 9.67. The molecule has 0 amide bonds. The Hall–Kier alpha value is -2.21. The molecule has 1 heterocycles. The van der Waals surface area contributed by atoms with Crippen molar-refractivity contribution in [2.45, 2.75) is 57.1 Å². The van der Waals surface area contributed by atoms with E-state index >= 15 is 0 Å². The van der Waals surface area contributed by atoms with Gasteiger partial charge >= 0.3 is 5.97 Å². The summed E-state index contributed by atoms with van der Waals surface area (Å²) >= 11 is 0. The molecule has 5 nitrogen and oxygen atoms in total. The summed E-state index contributed by atoms with van der Waals surface area (Å²) in [6.45, 7) is 5.04. The molecule has 0 aromatic heterocycles. The Bertz CT molecular complexity index is 952. The van der Waals surface area contributed by atoms with Gasteiger partial charge in [-0.2, -0.15) is 0 Å². The first-order chi connectivity index (χ1) is 17.1. The molecule has 0 bridgehead atoms. The predicted molar refractivity (Wildman–Crippen MR) is 138 cm³/mol. The first-order valence-electron chi connectivity index (χ1n) is 13.3. The second-order valence-electron chi connectivity index (χ2n) is 11.1. The van der Waals surface area contributed by atoms with Crippen LogP contribution in [-0.4, -0.2) is 56.8 Å². The molecule has 2 aromatic carbocycles. The fourth-order valence-electron chi connectivity index (χ4n) is 6.04. The van der Waals surface area contributed by atoms with Gasteiger partial charge in [-0.1, -0.05) is 67.1 Å². The van der Waals surface area contributed by atoms with Crippen LogP contribution in [0.3, 0.4) is 0 Å².